The summed E-state index contributed by atoms with van der Waals surface area (Å²) in [7, 11) is 9.17. The summed E-state index contributed by atoms with van der Waals surface area (Å²) < 4.78 is 6.86. The first kappa shape index (κ1) is 27.9. The predicted octanol–water partition coefficient (Wildman–Crippen LogP) is 5.08. The van der Waals surface area contributed by atoms with E-state index in [0.717, 1.165) is 22.1 Å². The first-order valence-corrected chi connectivity index (χ1v) is 16.5. The minimum atomic E-state index is 0.910. The fraction of sp³-hybridized carbons (Fsp3) is 0. The van der Waals surface area contributed by atoms with Crippen molar-refractivity contribution in [2.45, 2.75) is 0 Å². The molecule has 0 radical (unpaired) electrons. The summed E-state index contributed by atoms with van der Waals surface area (Å²) in [4.78, 5) is 0. The highest BCUT2D eigenvalue weighted by molar-refractivity contribution is 6.68. The van der Waals surface area contributed by atoms with E-state index in [-0.39, 0.29) is 0 Å². The van der Waals surface area contributed by atoms with Gasteiger partial charge in [0.25, 0.3) is 0 Å². The van der Waals surface area contributed by atoms with Gasteiger partial charge in [-0.15, -0.1) is 10.9 Å². The third kappa shape index (κ3) is 4.02. The van der Waals surface area contributed by atoms with Gasteiger partial charge in [-0.2, -0.15) is 0 Å². The van der Waals surface area contributed by atoms with Crippen LogP contribution < -0.4 is 21.9 Å². The number of fused-ring (bicyclic) bond motifs is 6. The highest BCUT2D eigenvalue weighted by Gasteiger charge is 2.24. The average molecular weight is 594 g/mol. The normalized spacial score (nSPS) is 11.7. The Bertz CT molecular complexity index is 2720. The standard InChI is InChI=1S/C42H30B4O/c43-38-36-33(24-12-2-1-3-13-24)27-16-6-7-17-28(27)35(37(36)39(44)41(46)40(38)45)30-20-10-22-32-34(30)31-21-9-19-29(42(31)47-32)26-18-8-14-23-11-4-5-15-25(23)26/h1-22H,43-46H2. The van der Waals surface area contributed by atoms with Gasteiger partial charge in [-0.3, -0.25) is 0 Å². The van der Waals surface area contributed by atoms with Crippen molar-refractivity contribution in [1.29, 1.82) is 0 Å². The quantitative estimate of drug-likeness (QED) is 0.206. The molecule has 8 aromatic carbocycles. The van der Waals surface area contributed by atoms with Crippen molar-refractivity contribution in [2.24, 2.45) is 0 Å². The van der Waals surface area contributed by atoms with E-state index in [2.05, 4.69) is 165 Å². The first-order chi connectivity index (χ1) is 23.0. The van der Waals surface area contributed by atoms with Crippen LogP contribution in [0.3, 0.4) is 0 Å². The van der Waals surface area contributed by atoms with Crippen molar-refractivity contribution in [2.75, 3.05) is 0 Å². The number of benzene rings is 8. The molecule has 9 aromatic rings. The zero-order valence-electron chi connectivity index (χ0n) is 27.1. The van der Waals surface area contributed by atoms with E-state index in [1.807, 2.05) is 0 Å². The summed E-state index contributed by atoms with van der Waals surface area (Å²) in [6.07, 6.45) is 0. The highest BCUT2D eigenvalue weighted by atomic mass is 16.3. The second-order valence-corrected chi connectivity index (χ2v) is 12.9. The van der Waals surface area contributed by atoms with E-state index in [0.29, 0.717) is 0 Å². The lowest BCUT2D eigenvalue weighted by Gasteiger charge is -2.24. The molecule has 47 heavy (non-hydrogen) atoms. The van der Waals surface area contributed by atoms with Crippen LogP contribution in [0.4, 0.5) is 0 Å². The van der Waals surface area contributed by atoms with Gasteiger partial charge in [-0.25, -0.2) is 0 Å². The molecule has 0 atom stereocenters. The molecule has 216 valence electrons. The van der Waals surface area contributed by atoms with Crippen LogP contribution in [0, 0.1) is 0 Å². The van der Waals surface area contributed by atoms with Crippen LogP contribution in [0.25, 0.3) is 87.6 Å². The molecule has 1 aromatic heterocycles. The van der Waals surface area contributed by atoms with E-state index >= 15 is 0 Å². The molecular formula is C42H30B4O. The maximum Gasteiger partial charge on any atom is 0.143 e. The van der Waals surface area contributed by atoms with Crippen molar-refractivity contribution in [3.05, 3.63) is 133 Å². The summed E-state index contributed by atoms with van der Waals surface area (Å²) in [6.45, 7) is 0. The summed E-state index contributed by atoms with van der Waals surface area (Å²) in [6, 6.07) is 48.2. The van der Waals surface area contributed by atoms with Crippen molar-refractivity contribution < 1.29 is 4.42 Å². The molecule has 5 heteroatoms. The Balaban J connectivity index is 1.46. The lowest BCUT2D eigenvalue weighted by molar-refractivity contribution is 0.670. The fourth-order valence-corrected chi connectivity index (χ4v) is 8.04. The molecule has 0 fully saturated rings. The Kier molecular flexibility index (Phi) is 6.27. The zero-order chi connectivity index (χ0) is 31.8. The zero-order valence-corrected chi connectivity index (χ0v) is 27.1. The maximum absolute atomic E-state index is 6.86. The Hall–Kier alpha value is -5.40. The fourth-order valence-electron chi connectivity index (χ4n) is 8.04. The van der Waals surface area contributed by atoms with Gasteiger partial charge in [0.2, 0.25) is 0 Å². The number of para-hydroxylation sites is 1. The topological polar surface area (TPSA) is 13.1 Å². The number of rotatable bonds is 3. The molecule has 0 aliphatic rings. The van der Waals surface area contributed by atoms with Crippen LogP contribution in [-0.2, 0) is 0 Å². The van der Waals surface area contributed by atoms with E-state index in [4.69, 9.17) is 4.42 Å². The van der Waals surface area contributed by atoms with Crippen LogP contribution in [0.5, 0.6) is 0 Å². The van der Waals surface area contributed by atoms with Crippen LogP contribution in [0.1, 0.15) is 0 Å². The largest absolute Gasteiger partial charge is 0.455 e. The highest BCUT2D eigenvalue weighted by Crippen LogP contribution is 2.47. The number of furan rings is 1. The molecule has 0 unspecified atom stereocenters. The molecule has 0 amide bonds. The number of hydrogen-bond donors (Lipinski definition) is 0. The Morgan fingerprint density at radius 1 is 0.362 bits per heavy atom. The van der Waals surface area contributed by atoms with E-state index < -0.39 is 0 Å². The van der Waals surface area contributed by atoms with E-state index in [9.17, 15) is 0 Å². The first-order valence-electron chi connectivity index (χ1n) is 16.5. The van der Waals surface area contributed by atoms with Crippen LogP contribution in [0.2, 0.25) is 0 Å². The molecule has 0 spiro atoms. The second kappa shape index (κ2) is 10.6. The van der Waals surface area contributed by atoms with E-state index in [1.165, 1.54) is 87.4 Å². The van der Waals surface area contributed by atoms with Gasteiger partial charge in [0.15, 0.2) is 0 Å². The van der Waals surface area contributed by atoms with Crippen molar-refractivity contribution in [3.8, 4) is 33.4 Å². The Labute approximate surface area is 277 Å². The smallest absolute Gasteiger partial charge is 0.143 e. The minimum Gasteiger partial charge on any atom is -0.455 e. The molecule has 0 N–H and O–H groups in total. The summed E-state index contributed by atoms with van der Waals surface area (Å²) in [5.74, 6) is 0. The molecule has 1 nitrogen and oxygen atoms in total. The van der Waals surface area contributed by atoms with Crippen LogP contribution >= 0.6 is 0 Å². The van der Waals surface area contributed by atoms with Crippen molar-refractivity contribution in [1.82, 2.24) is 0 Å². The monoisotopic (exact) mass is 594 g/mol. The minimum absolute atomic E-state index is 0.910. The van der Waals surface area contributed by atoms with Crippen molar-refractivity contribution >= 4 is 107 Å². The molecule has 0 bridgehead atoms. The summed E-state index contributed by atoms with van der Waals surface area (Å²) >= 11 is 0. The van der Waals surface area contributed by atoms with Gasteiger partial charge in [-0.05, 0) is 66.2 Å². The SMILES string of the molecule is Bc1c(B)c(B)c2c(-c3cccc4oc5c(-c6cccc7ccccc67)cccc5c34)c3ccccc3c(-c3ccccc3)c2c1B. The Morgan fingerprint density at radius 2 is 0.894 bits per heavy atom. The average Bonchev–Trinajstić information content (AvgIpc) is 3.51. The second-order valence-electron chi connectivity index (χ2n) is 12.9. The maximum atomic E-state index is 6.86. The Morgan fingerprint density at radius 3 is 1.66 bits per heavy atom. The summed E-state index contributed by atoms with van der Waals surface area (Å²) in [5.41, 5.74) is 14.6. The molecule has 0 aliphatic carbocycles. The van der Waals surface area contributed by atoms with Gasteiger partial charge >= 0.3 is 0 Å². The van der Waals surface area contributed by atoms with Gasteiger partial charge in [0.1, 0.15) is 42.6 Å². The molecule has 1 heterocycles. The molecule has 9 rings (SSSR count). The summed E-state index contributed by atoms with van der Waals surface area (Å²) in [5, 5.41) is 9.97. The van der Waals surface area contributed by atoms with Gasteiger partial charge in [0, 0.05) is 16.3 Å². The molecule has 0 saturated heterocycles. The molecule has 0 saturated carbocycles. The van der Waals surface area contributed by atoms with Gasteiger partial charge in [0.05, 0.1) is 0 Å². The van der Waals surface area contributed by atoms with Crippen molar-refractivity contribution in [3.63, 3.8) is 0 Å². The third-order valence-electron chi connectivity index (χ3n) is 10.6. The number of hydrogen-bond acceptors (Lipinski definition) is 1. The van der Waals surface area contributed by atoms with Crippen LogP contribution in [0.15, 0.2) is 138 Å². The predicted molar refractivity (Wildman–Crippen MR) is 215 cm³/mol. The lowest BCUT2D eigenvalue weighted by Crippen LogP contribution is -2.48. The van der Waals surface area contributed by atoms with Gasteiger partial charge < -0.3 is 4.42 Å². The van der Waals surface area contributed by atoms with E-state index in [1.54, 1.807) is 0 Å². The third-order valence-corrected chi connectivity index (χ3v) is 10.6. The van der Waals surface area contributed by atoms with Crippen LogP contribution in [-0.4, -0.2) is 31.4 Å². The molecule has 0 aliphatic heterocycles. The molecular weight excluding hydrogens is 564 g/mol. The van der Waals surface area contributed by atoms with Gasteiger partial charge in [-0.1, -0.05) is 138 Å². The lowest BCUT2D eigenvalue weighted by atomic mass is 9.62.